The molecule has 0 bridgehead atoms. The van der Waals surface area contributed by atoms with Gasteiger partial charge in [-0.25, -0.2) is 17.9 Å². The summed E-state index contributed by atoms with van der Waals surface area (Å²) < 4.78 is 26.9. The number of carbonyl (C=O) groups is 1. The maximum Gasteiger partial charge on any atom is 0.321 e. The summed E-state index contributed by atoms with van der Waals surface area (Å²) in [5.74, 6) is 0.445. The van der Waals surface area contributed by atoms with Gasteiger partial charge in [0.25, 0.3) is 0 Å². The van der Waals surface area contributed by atoms with Crippen LogP contribution in [0.4, 0.5) is 10.5 Å². The van der Waals surface area contributed by atoms with Crippen molar-refractivity contribution in [3.63, 3.8) is 0 Å². The van der Waals surface area contributed by atoms with Crippen LogP contribution in [0.3, 0.4) is 0 Å². The van der Waals surface area contributed by atoms with E-state index in [2.05, 4.69) is 10.0 Å². The van der Waals surface area contributed by atoms with Gasteiger partial charge < -0.3 is 10.2 Å². The number of urea groups is 1. The van der Waals surface area contributed by atoms with Gasteiger partial charge in [0.05, 0.1) is 4.90 Å². The van der Waals surface area contributed by atoms with Crippen LogP contribution in [0.2, 0.25) is 0 Å². The smallest absolute Gasteiger partial charge is 0.321 e. The highest BCUT2D eigenvalue weighted by Crippen LogP contribution is 2.16. The van der Waals surface area contributed by atoms with Crippen LogP contribution >= 0.6 is 0 Å². The second-order valence-corrected chi connectivity index (χ2v) is 8.00. The van der Waals surface area contributed by atoms with Crippen molar-refractivity contribution in [2.24, 2.45) is 5.92 Å². The molecule has 128 valence electrons. The number of anilines is 1. The maximum atomic E-state index is 12.1. The van der Waals surface area contributed by atoms with Gasteiger partial charge in [0.15, 0.2) is 0 Å². The number of rotatable bonds is 6. The number of hydrogen-bond donors (Lipinski definition) is 2. The van der Waals surface area contributed by atoms with Gasteiger partial charge in [0, 0.05) is 25.3 Å². The third-order valence-electron chi connectivity index (χ3n) is 3.82. The van der Waals surface area contributed by atoms with E-state index >= 15 is 0 Å². The third kappa shape index (κ3) is 5.21. The van der Waals surface area contributed by atoms with Gasteiger partial charge in [-0.15, -0.1) is 0 Å². The number of carbonyl (C=O) groups excluding carboxylic acids is 1. The first-order valence-electron chi connectivity index (χ1n) is 8.04. The average Bonchev–Trinajstić information content (AvgIpc) is 3.01. The fraction of sp³-hybridized carbons (Fsp3) is 0.562. The lowest BCUT2D eigenvalue weighted by Crippen LogP contribution is -2.32. The van der Waals surface area contributed by atoms with E-state index in [-0.39, 0.29) is 10.9 Å². The van der Waals surface area contributed by atoms with Crippen LogP contribution in [0.25, 0.3) is 0 Å². The molecule has 0 spiro atoms. The van der Waals surface area contributed by atoms with Gasteiger partial charge in [-0.05, 0) is 49.4 Å². The Balaban J connectivity index is 1.94. The molecule has 1 saturated heterocycles. The van der Waals surface area contributed by atoms with E-state index in [4.69, 9.17) is 0 Å². The minimum absolute atomic E-state index is 0.131. The van der Waals surface area contributed by atoms with Crippen molar-refractivity contribution in [2.45, 2.75) is 38.0 Å². The summed E-state index contributed by atoms with van der Waals surface area (Å²) in [6.07, 6.45) is 2.86. The number of hydrogen-bond acceptors (Lipinski definition) is 3. The lowest BCUT2D eigenvalue weighted by Gasteiger charge is -2.16. The lowest BCUT2D eigenvalue weighted by atomic mass is 10.1. The standard InChI is InChI=1S/C16H25N3O3S/c1-13(2)9-10-17-23(21,22)15-7-5-14(6-8-15)18-16(20)19-11-3-4-12-19/h5-8,13,17H,3-4,9-12H2,1-2H3,(H,18,20). The predicted octanol–water partition coefficient (Wildman–Crippen LogP) is 2.64. The maximum absolute atomic E-state index is 12.1. The molecule has 1 fully saturated rings. The van der Waals surface area contributed by atoms with E-state index in [1.54, 1.807) is 17.0 Å². The molecule has 0 radical (unpaired) electrons. The first kappa shape index (κ1) is 17.7. The van der Waals surface area contributed by atoms with Crippen molar-refractivity contribution in [1.29, 1.82) is 0 Å². The van der Waals surface area contributed by atoms with E-state index in [1.807, 2.05) is 13.8 Å². The molecule has 1 aliphatic heterocycles. The Morgan fingerprint density at radius 2 is 1.78 bits per heavy atom. The highest BCUT2D eigenvalue weighted by Gasteiger charge is 2.18. The number of likely N-dealkylation sites (tertiary alicyclic amines) is 1. The molecule has 6 nitrogen and oxygen atoms in total. The Bertz CT molecular complexity index is 620. The molecule has 1 aliphatic rings. The van der Waals surface area contributed by atoms with Crippen molar-refractivity contribution < 1.29 is 13.2 Å². The number of amides is 2. The first-order valence-corrected chi connectivity index (χ1v) is 9.52. The molecule has 0 saturated carbocycles. The molecule has 0 atom stereocenters. The predicted molar refractivity (Wildman–Crippen MR) is 90.9 cm³/mol. The Kier molecular flexibility index (Phi) is 6.01. The van der Waals surface area contributed by atoms with E-state index in [0.717, 1.165) is 32.4 Å². The third-order valence-corrected chi connectivity index (χ3v) is 5.30. The Morgan fingerprint density at radius 3 is 2.35 bits per heavy atom. The van der Waals surface area contributed by atoms with Gasteiger partial charge in [0.1, 0.15) is 0 Å². The molecule has 2 rings (SSSR count). The fourth-order valence-electron chi connectivity index (χ4n) is 2.41. The molecule has 1 aromatic rings. The molecule has 0 unspecified atom stereocenters. The summed E-state index contributed by atoms with van der Waals surface area (Å²) in [5.41, 5.74) is 0.600. The molecule has 1 aromatic carbocycles. The molecule has 0 aliphatic carbocycles. The van der Waals surface area contributed by atoms with E-state index in [1.165, 1.54) is 12.1 Å². The van der Waals surface area contributed by atoms with Gasteiger partial charge in [-0.2, -0.15) is 0 Å². The van der Waals surface area contributed by atoms with E-state index in [9.17, 15) is 13.2 Å². The van der Waals surface area contributed by atoms with E-state index < -0.39 is 10.0 Å². The second kappa shape index (κ2) is 7.79. The zero-order chi connectivity index (χ0) is 16.9. The van der Waals surface area contributed by atoms with Crippen molar-refractivity contribution in [2.75, 3.05) is 25.0 Å². The SMILES string of the molecule is CC(C)CCNS(=O)(=O)c1ccc(NC(=O)N2CCCC2)cc1. The van der Waals surface area contributed by atoms with Gasteiger partial charge in [0.2, 0.25) is 10.0 Å². The zero-order valence-corrected chi connectivity index (χ0v) is 14.5. The number of sulfonamides is 1. The van der Waals surface area contributed by atoms with Crippen LogP contribution in [-0.2, 0) is 10.0 Å². The van der Waals surface area contributed by atoms with Crippen LogP contribution in [0.5, 0.6) is 0 Å². The summed E-state index contributed by atoms with van der Waals surface area (Å²) in [5, 5.41) is 2.79. The molecular weight excluding hydrogens is 314 g/mol. The molecular formula is C16H25N3O3S. The van der Waals surface area contributed by atoms with Gasteiger partial charge in [-0.1, -0.05) is 13.8 Å². The van der Waals surface area contributed by atoms with Crippen LogP contribution in [0.1, 0.15) is 33.1 Å². The summed E-state index contributed by atoms with van der Waals surface area (Å²) in [7, 11) is -3.49. The van der Waals surface area contributed by atoms with Crippen molar-refractivity contribution in [3.8, 4) is 0 Å². The summed E-state index contributed by atoms with van der Waals surface area (Å²) in [6, 6.07) is 6.12. The molecule has 7 heteroatoms. The molecule has 1 heterocycles. The van der Waals surface area contributed by atoms with Crippen LogP contribution in [0, 0.1) is 5.92 Å². The largest absolute Gasteiger partial charge is 0.325 e. The normalized spacial score (nSPS) is 15.2. The second-order valence-electron chi connectivity index (χ2n) is 6.23. The highest BCUT2D eigenvalue weighted by atomic mass is 32.2. The first-order chi connectivity index (χ1) is 10.9. The molecule has 0 aromatic heterocycles. The Morgan fingerprint density at radius 1 is 1.17 bits per heavy atom. The zero-order valence-electron chi connectivity index (χ0n) is 13.7. The summed E-state index contributed by atoms with van der Waals surface area (Å²) in [6.45, 7) is 6.07. The number of benzene rings is 1. The lowest BCUT2D eigenvalue weighted by molar-refractivity contribution is 0.222. The van der Waals surface area contributed by atoms with Crippen LogP contribution < -0.4 is 10.0 Å². The van der Waals surface area contributed by atoms with Crippen molar-refractivity contribution >= 4 is 21.7 Å². The Hall–Kier alpha value is -1.60. The highest BCUT2D eigenvalue weighted by molar-refractivity contribution is 7.89. The van der Waals surface area contributed by atoms with Crippen LogP contribution in [0.15, 0.2) is 29.2 Å². The number of nitrogens with zero attached hydrogens (tertiary/aromatic N) is 1. The topological polar surface area (TPSA) is 78.5 Å². The van der Waals surface area contributed by atoms with Gasteiger partial charge in [-0.3, -0.25) is 0 Å². The molecule has 2 N–H and O–H groups in total. The minimum atomic E-state index is -3.49. The van der Waals surface area contributed by atoms with Crippen molar-refractivity contribution in [3.05, 3.63) is 24.3 Å². The molecule has 2 amide bonds. The average molecular weight is 339 g/mol. The number of nitrogens with one attached hydrogen (secondary N) is 2. The fourth-order valence-corrected chi connectivity index (χ4v) is 3.45. The molecule has 23 heavy (non-hydrogen) atoms. The van der Waals surface area contributed by atoms with Crippen LogP contribution in [-0.4, -0.2) is 39.0 Å². The minimum Gasteiger partial charge on any atom is -0.325 e. The van der Waals surface area contributed by atoms with E-state index in [0.29, 0.717) is 18.2 Å². The summed E-state index contributed by atoms with van der Waals surface area (Å²) >= 11 is 0. The Labute approximate surface area is 138 Å². The monoisotopic (exact) mass is 339 g/mol. The van der Waals surface area contributed by atoms with Gasteiger partial charge >= 0.3 is 6.03 Å². The summed E-state index contributed by atoms with van der Waals surface area (Å²) in [4.78, 5) is 14.0. The van der Waals surface area contributed by atoms with Crippen molar-refractivity contribution in [1.82, 2.24) is 9.62 Å². The quantitative estimate of drug-likeness (QED) is 0.836.